The lowest BCUT2D eigenvalue weighted by Crippen LogP contribution is -2.32. The van der Waals surface area contributed by atoms with Crippen LogP contribution in [-0.2, 0) is 4.79 Å². The summed E-state index contributed by atoms with van der Waals surface area (Å²) in [5.41, 5.74) is 2.93. The predicted octanol–water partition coefficient (Wildman–Crippen LogP) is 2.95. The highest BCUT2D eigenvalue weighted by molar-refractivity contribution is 5.85. The highest BCUT2D eigenvalue weighted by Crippen LogP contribution is 2.29. The van der Waals surface area contributed by atoms with E-state index in [1.165, 1.54) is 0 Å². The molecule has 28 heavy (non-hydrogen) atoms. The van der Waals surface area contributed by atoms with Crippen LogP contribution < -0.4 is 15.7 Å². The Balaban J connectivity index is 1.65. The number of hydrogen-bond acceptors (Lipinski definition) is 5. The van der Waals surface area contributed by atoms with Gasteiger partial charge in [-0.1, -0.05) is 30.3 Å². The van der Waals surface area contributed by atoms with E-state index < -0.39 is 6.10 Å². The zero-order chi connectivity index (χ0) is 20.3. The first-order valence-corrected chi connectivity index (χ1v) is 9.04. The SMILES string of the molecule is Cc1c(C)c2ccc(OCC(=O)NC[C@H](O)c3ccccc3)c(C)c2oc1=O. The highest BCUT2D eigenvalue weighted by Gasteiger charge is 2.14. The number of carbonyl (C=O) groups is 1. The molecule has 2 N–H and O–H groups in total. The lowest BCUT2D eigenvalue weighted by molar-refractivity contribution is -0.123. The van der Waals surface area contributed by atoms with E-state index in [9.17, 15) is 14.7 Å². The van der Waals surface area contributed by atoms with Gasteiger partial charge in [-0.05, 0) is 44.0 Å². The van der Waals surface area contributed by atoms with Crippen molar-refractivity contribution >= 4 is 16.9 Å². The Morgan fingerprint density at radius 2 is 1.79 bits per heavy atom. The molecular formula is C22H23NO5. The van der Waals surface area contributed by atoms with E-state index >= 15 is 0 Å². The standard InChI is InChI=1S/C22H23NO5/c1-13-14(2)22(26)28-21-15(3)19(10-9-17(13)21)27-12-20(25)23-11-18(24)16-7-5-4-6-8-16/h4-10,18,24H,11-12H2,1-3H3,(H,23,25)/t18-/m0/s1. The number of carbonyl (C=O) groups excluding carboxylic acids is 1. The Morgan fingerprint density at radius 1 is 1.07 bits per heavy atom. The van der Waals surface area contributed by atoms with Crippen molar-refractivity contribution in [3.05, 3.63) is 75.1 Å². The van der Waals surface area contributed by atoms with Gasteiger partial charge in [-0.2, -0.15) is 0 Å². The minimum atomic E-state index is -0.784. The van der Waals surface area contributed by atoms with Gasteiger partial charge < -0.3 is 19.6 Å². The zero-order valence-corrected chi connectivity index (χ0v) is 16.1. The van der Waals surface area contributed by atoms with Gasteiger partial charge in [0.25, 0.3) is 5.91 Å². The molecule has 2 aromatic carbocycles. The average Bonchev–Trinajstić information content (AvgIpc) is 2.71. The van der Waals surface area contributed by atoms with Gasteiger partial charge in [0.15, 0.2) is 6.61 Å². The van der Waals surface area contributed by atoms with E-state index in [-0.39, 0.29) is 24.7 Å². The summed E-state index contributed by atoms with van der Waals surface area (Å²) >= 11 is 0. The van der Waals surface area contributed by atoms with Crippen LogP contribution in [0.3, 0.4) is 0 Å². The Hall–Kier alpha value is -3.12. The molecule has 0 aliphatic rings. The van der Waals surface area contributed by atoms with Gasteiger partial charge in [0.2, 0.25) is 0 Å². The molecule has 1 heterocycles. The number of amides is 1. The molecule has 0 aliphatic carbocycles. The lowest BCUT2D eigenvalue weighted by Gasteiger charge is -2.14. The summed E-state index contributed by atoms with van der Waals surface area (Å²) in [7, 11) is 0. The van der Waals surface area contributed by atoms with E-state index in [4.69, 9.17) is 9.15 Å². The molecule has 3 rings (SSSR count). The zero-order valence-electron chi connectivity index (χ0n) is 16.1. The van der Waals surface area contributed by atoms with Crippen molar-refractivity contribution in [3.8, 4) is 5.75 Å². The van der Waals surface area contributed by atoms with Gasteiger partial charge >= 0.3 is 5.63 Å². The highest BCUT2D eigenvalue weighted by atomic mass is 16.5. The Bertz CT molecular complexity index is 1060. The lowest BCUT2D eigenvalue weighted by atomic mass is 10.0. The number of ether oxygens (including phenoxy) is 1. The van der Waals surface area contributed by atoms with Crippen LogP contribution in [0, 0.1) is 20.8 Å². The van der Waals surface area contributed by atoms with Gasteiger partial charge in [0, 0.05) is 23.1 Å². The maximum absolute atomic E-state index is 12.1. The van der Waals surface area contributed by atoms with Crippen LogP contribution in [0.4, 0.5) is 0 Å². The van der Waals surface area contributed by atoms with Gasteiger partial charge in [-0.3, -0.25) is 4.79 Å². The van der Waals surface area contributed by atoms with Crippen molar-refractivity contribution in [3.63, 3.8) is 0 Å². The molecule has 0 saturated heterocycles. The van der Waals surface area contributed by atoms with Crippen LogP contribution in [0.5, 0.6) is 5.75 Å². The first-order valence-electron chi connectivity index (χ1n) is 9.04. The second-order valence-corrected chi connectivity index (χ2v) is 6.72. The summed E-state index contributed by atoms with van der Waals surface area (Å²) < 4.78 is 11.0. The molecule has 146 valence electrons. The van der Waals surface area contributed by atoms with Crippen molar-refractivity contribution < 1.29 is 19.1 Å². The Kier molecular flexibility index (Phi) is 5.80. The number of hydrogen-bond donors (Lipinski definition) is 2. The number of aliphatic hydroxyl groups excluding tert-OH is 1. The average molecular weight is 381 g/mol. The molecule has 0 radical (unpaired) electrons. The van der Waals surface area contributed by atoms with Crippen molar-refractivity contribution in [2.75, 3.05) is 13.2 Å². The summed E-state index contributed by atoms with van der Waals surface area (Å²) in [5.74, 6) is 0.119. The monoisotopic (exact) mass is 381 g/mol. The van der Waals surface area contributed by atoms with Gasteiger partial charge in [-0.25, -0.2) is 4.79 Å². The summed E-state index contributed by atoms with van der Waals surface area (Å²) in [4.78, 5) is 24.0. The van der Waals surface area contributed by atoms with Crippen molar-refractivity contribution in [1.82, 2.24) is 5.32 Å². The molecule has 6 heteroatoms. The first kappa shape index (κ1) is 19.6. The quantitative estimate of drug-likeness (QED) is 0.641. The summed E-state index contributed by atoms with van der Waals surface area (Å²) in [6, 6.07) is 12.7. The van der Waals surface area contributed by atoms with E-state index in [1.54, 1.807) is 32.0 Å². The van der Waals surface area contributed by atoms with Crippen LogP contribution in [0.2, 0.25) is 0 Å². The molecule has 0 saturated carbocycles. The molecule has 0 aliphatic heterocycles. The van der Waals surface area contributed by atoms with Crippen LogP contribution in [0.25, 0.3) is 11.0 Å². The smallest absolute Gasteiger partial charge is 0.339 e. The van der Waals surface area contributed by atoms with Gasteiger partial charge in [0.05, 0.1) is 6.10 Å². The number of aliphatic hydroxyl groups is 1. The molecule has 6 nitrogen and oxygen atoms in total. The maximum atomic E-state index is 12.1. The number of rotatable bonds is 6. The Labute approximate surface area is 162 Å². The van der Waals surface area contributed by atoms with E-state index in [1.807, 2.05) is 31.2 Å². The molecule has 0 spiro atoms. The molecule has 1 atom stereocenters. The van der Waals surface area contributed by atoms with E-state index in [2.05, 4.69) is 5.32 Å². The molecule has 1 amide bonds. The molecule has 0 fully saturated rings. The third-order valence-corrected chi connectivity index (χ3v) is 4.86. The second-order valence-electron chi connectivity index (χ2n) is 6.72. The van der Waals surface area contributed by atoms with Crippen molar-refractivity contribution in [1.29, 1.82) is 0 Å². The van der Waals surface area contributed by atoms with Gasteiger partial charge in [0.1, 0.15) is 11.3 Å². The fourth-order valence-electron chi connectivity index (χ4n) is 2.98. The topological polar surface area (TPSA) is 88.8 Å². The van der Waals surface area contributed by atoms with Crippen molar-refractivity contribution in [2.45, 2.75) is 26.9 Å². The molecule has 3 aromatic rings. The number of aryl methyl sites for hydroxylation is 2. The Morgan fingerprint density at radius 3 is 2.50 bits per heavy atom. The van der Waals surface area contributed by atoms with Crippen LogP contribution in [0.1, 0.15) is 28.4 Å². The summed E-state index contributed by atoms with van der Waals surface area (Å²) in [5, 5.41) is 13.6. The molecule has 1 aromatic heterocycles. The summed E-state index contributed by atoms with van der Waals surface area (Å²) in [6.07, 6.45) is -0.784. The minimum absolute atomic E-state index is 0.0935. The maximum Gasteiger partial charge on any atom is 0.339 e. The van der Waals surface area contributed by atoms with Crippen LogP contribution in [0.15, 0.2) is 51.7 Å². The fraction of sp³-hybridized carbons (Fsp3) is 0.273. The normalized spacial score (nSPS) is 12.0. The summed E-state index contributed by atoms with van der Waals surface area (Å²) in [6.45, 7) is 5.28. The fourth-order valence-corrected chi connectivity index (χ4v) is 2.98. The molecule has 0 bridgehead atoms. The predicted molar refractivity (Wildman–Crippen MR) is 107 cm³/mol. The van der Waals surface area contributed by atoms with E-state index in [0.29, 0.717) is 22.5 Å². The van der Waals surface area contributed by atoms with E-state index in [0.717, 1.165) is 16.5 Å². The number of nitrogens with one attached hydrogen (secondary N) is 1. The molecular weight excluding hydrogens is 358 g/mol. The van der Waals surface area contributed by atoms with Crippen LogP contribution in [-0.4, -0.2) is 24.2 Å². The number of fused-ring (bicyclic) bond motifs is 1. The first-order chi connectivity index (χ1) is 13.4. The second kappa shape index (κ2) is 8.27. The van der Waals surface area contributed by atoms with Gasteiger partial charge in [-0.15, -0.1) is 0 Å². The van der Waals surface area contributed by atoms with Crippen molar-refractivity contribution in [2.24, 2.45) is 0 Å². The minimum Gasteiger partial charge on any atom is -0.483 e. The number of benzene rings is 2. The third-order valence-electron chi connectivity index (χ3n) is 4.86. The molecule has 0 unspecified atom stereocenters. The largest absolute Gasteiger partial charge is 0.483 e. The van der Waals surface area contributed by atoms with Crippen LogP contribution >= 0.6 is 0 Å². The third kappa shape index (κ3) is 4.07.